The van der Waals surface area contributed by atoms with Gasteiger partial charge in [-0.3, -0.25) is 9.59 Å². The van der Waals surface area contributed by atoms with Crippen LogP contribution in [0.15, 0.2) is 12.2 Å². The van der Waals surface area contributed by atoms with E-state index in [9.17, 15) is 60.7 Å². The summed E-state index contributed by atoms with van der Waals surface area (Å²) in [6, 6.07) is 0. The average molecular weight is 957 g/mol. The van der Waals surface area contributed by atoms with E-state index < -0.39 is 134 Å². The third-order valence-electron chi connectivity index (χ3n) is 19.2. The number of rotatable bonds is 11. The molecular weight excluding hydrogens is 881 g/mol. The normalized spacial score (nSPS) is 53.7. The molecule has 8 fully saturated rings. The first kappa shape index (κ1) is 51.4. The SMILES string of the molecule is C=C(C)[C@@H]1CC[C@]2(C(=O)O[C@@H]3O[C@H](CO[C@@H]4O[C@H](CO)[C@@H](O[C@@H]5O[C@@H](C)[C@H](O)[C@@H](O)[C@H]5O)[C@H](O)[C@H]4O)[C@@H](O)[C@H](O)[C@H]3O)CC[C@]3(C)[C@H](CC[C@@H]4[C@@]5(C)[C@@H](CC(=O)O)OC(C)(C)[C@@H]5CC[C@]43C)[C@@H]12. The van der Waals surface area contributed by atoms with E-state index in [4.69, 9.17) is 33.2 Å². The largest absolute Gasteiger partial charge is 0.481 e. The van der Waals surface area contributed by atoms with Crippen molar-refractivity contribution in [3.8, 4) is 0 Å². The molecule has 0 aromatic rings. The Morgan fingerprint density at radius 3 is 1.99 bits per heavy atom. The molecule has 4 aliphatic heterocycles. The first-order chi connectivity index (χ1) is 31.3. The van der Waals surface area contributed by atoms with Crippen molar-refractivity contribution in [3.05, 3.63) is 12.2 Å². The van der Waals surface area contributed by atoms with Crippen molar-refractivity contribution in [3.63, 3.8) is 0 Å². The number of esters is 1. The number of allylic oxidation sites excluding steroid dienone is 1. The number of carbonyl (C=O) groups excluding carboxylic acids is 1. The highest BCUT2D eigenvalue weighted by atomic mass is 16.8. The molecule has 19 nitrogen and oxygen atoms in total. The van der Waals surface area contributed by atoms with Gasteiger partial charge in [-0.15, -0.1) is 0 Å². The molecule has 0 amide bonds. The van der Waals surface area contributed by atoms with Gasteiger partial charge in [0.25, 0.3) is 0 Å². The molecule has 4 heterocycles. The second kappa shape index (κ2) is 18.3. The van der Waals surface area contributed by atoms with Gasteiger partial charge in [-0.25, -0.2) is 0 Å². The number of aliphatic hydroxyl groups is 9. The van der Waals surface area contributed by atoms with Crippen LogP contribution in [0.4, 0.5) is 0 Å². The third-order valence-corrected chi connectivity index (χ3v) is 19.2. The maximum absolute atomic E-state index is 15.0. The van der Waals surface area contributed by atoms with Gasteiger partial charge >= 0.3 is 11.9 Å². The molecule has 10 N–H and O–H groups in total. The van der Waals surface area contributed by atoms with Crippen molar-refractivity contribution in [1.29, 1.82) is 0 Å². The molecule has 4 aliphatic carbocycles. The molecule has 382 valence electrons. The molecule has 67 heavy (non-hydrogen) atoms. The zero-order valence-corrected chi connectivity index (χ0v) is 39.8. The fourth-order valence-electron chi connectivity index (χ4n) is 15.5. The van der Waals surface area contributed by atoms with E-state index in [-0.39, 0.29) is 52.3 Å². The number of carboxylic acids is 1. The van der Waals surface area contributed by atoms with Gasteiger partial charge in [-0.2, -0.15) is 0 Å². The predicted molar refractivity (Wildman–Crippen MR) is 231 cm³/mol. The molecular formula is C48H76O19. The van der Waals surface area contributed by atoms with Crippen LogP contribution >= 0.6 is 0 Å². The number of carbonyl (C=O) groups is 2. The molecule has 4 saturated heterocycles. The summed E-state index contributed by atoms with van der Waals surface area (Å²) in [5.41, 5.74) is -1.30. The zero-order valence-electron chi connectivity index (χ0n) is 39.8. The quantitative estimate of drug-likeness (QED) is 0.0996. The Balaban J connectivity index is 0.973. The van der Waals surface area contributed by atoms with Crippen LogP contribution in [-0.2, 0) is 42.7 Å². The van der Waals surface area contributed by atoms with Gasteiger partial charge in [0.2, 0.25) is 6.29 Å². The number of carboxylic acid groups (broad SMARTS) is 1. The second-order valence-corrected chi connectivity index (χ2v) is 22.8. The maximum atomic E-state index is 15.0. The molecule has 8 aliphatic rings. The van der Waals surface area contributed by atoms with E-state index in [0.29, 0.717) is 25.7 Å². The minimum Gasteiger partial charge on any atom is -0.481 e. The summed E-state index contributed by atoms with van der Waals surface area (Å²) < 4.78 is 41.4. The minimum absolute atomic E-state index is 0.00292. The fourth-order valence-corrected chi connectivity index (χ4v) is 15.5. The Kier molecular flexibility index (Phi) is 14.0. The van der Waals surface area contributed by atoms with Gasteiger partial charge in [0.05, 0.1) is 42.9 Å². The van der Waals surface area contributed by atoms with Crippen molar-refractivity contribution in [2.75, 3.05) is 13.2 Å². The second-order valence-electron chi connectivity index (χ2n) is 22.8. The smallest absolute Gasteiger partial charge is 0.314 e. The number of hydrogen-bond donors (Lipinski definition) is 10. The standard InChI is InChI=1S/C48H76O19/c1-20(2)22-11-14-48(16-15-45(6)23(30(22)48)9-10-27-46(45,7)13-12-26-44(4,5)67-28(17-29(50)51)47(26,27)8)43(60)66-42-37(58)34(55)32(53)25(64-42)19-61-40-38(59)35(56)39(24(18-49)63-40)65-41-36(57)33(54)31(52)21(3)62-41/h21-28,30-42,49,52-59H,1,9-19H2,2-8H3,(H,50,51)/t21-,22-,23+,24+,25+,26-,27-,28+,30+,31-,32+,33+,34-,35+,36+,37+,38+,39+,40+,41-,42-,45+,46+,47-,48-/m0/s1. The number of hydrogen-bond acceptors (Lipinski definition) is 18. The molecule has 8 rings (SSSR count). The Bertz CT molecular complexity index is 1850. The van der Waals surface area contributed by atoms with Crippen molar-refractivity contribution in [1.82, 2.24) is 0 Å². The molecule has 0 aromatic carbocycles. The first-order valence-corrected chi connectivity index (χ1v) is 24.3. The Morgan fingerprint density at radius 1 is 0.687 bits per heavy atom. The van der Waals surface area contributed by atoms with Gasteiger partial charge in [0.1, 0.15) is 67.1 Å². The van der Waals surface area contributed by atoms with Crippen LogP contribution in [0.25, 0.3) is 0 Å². The van der Waals surface area contributed by atoms with E-state index in [2.05, 4.69) is 41.2 Å². The number of aliphatic hydroxyl groups excluding tert-OH is 9. The van der Waals surface area contributed by atoms with Crippen LogP contribution in [-0.4, -0.2) is 180 Å². The van der Waals surface area contributed by atoms with Crippen LogP contribution in [0.3, 0.4) is 0 Å². The van der Waals surface area contributed by atoms with Crippen molar-refractivity contribution in [2.45, 2.75) is 210 Å². The Morgan fingerprint density at radius 2 is 1.33 bits per heavy atom. The Hall–Kier alpha value is -1.92. The predicted octanol–water partition coefficient (Wildman–Crippen LogP) is 0.495. The van der Waals surface area contributed by atoms with E-state index >= 15 is 0 Å². The highest BCUT2D eigenvalue weighted by Gasteiger charge is 2.74. The summed E-state index contributed by atoms with van der Waals surface area (Å²) in [5.74, 6) is -1.18. The molecule has 0 radical (unpaired) electrons. The van der Waals surface area contributed by atoms with Crippen molar-refractivity contribution >= 4 is 11.9 Å². The topological polar surface area (TPSA) is 301 Å². The summed E-state index contributed by atoms with van der Waals surface area (Å²) in [6.45, 7) is 17.6. The molecule has 0 aromatic heterocycles. The van der Waals surface area contributed by atoms with Crippen molar-refractivity contribution < 1.29 is 93.8 Å². The van der Waals surface area contributed by atoms with Crippen molar-refractivity contribution in [2.24, 2.45) is 51.2 Å². The number of fused-ring (bicyclic) bond motifs is 7. The third kappa shape index (κ3) is 8.06. The van der Waals surface area contributed by atoms with Gasteiger partial charge in [-0.05, 0) is 119 Å². The van der Waals surface area contributed by atoms with Gasteiger partial charge in [0, 0.05) is 5.41 Å². The summed E-state index contributed by atoms with van der Waals surface area (Å²) in [5, 5.41) is 106. The summed E-state index contributed by atoms with van der Waals surface area (Å²) in [4.78, 5) is 27.2. The number of aliphatic carboxylic acids is 1. The average Bonchev–Trinajstić information content (AvgIpc) is 3.76. The van der Waals surface area contributed by atoms with Crippen LogP contribution in [0, 0.1) is 51.2 Å². The van der Waals surface area contributed by atoms with Crippen LogP contribution < -0.4 is 0 Å². The maximum Gasteiger partial charge on any atom is 0.314 e. The van der Waals surface area contributed by atoms with Gasteiger partial charge in [0.15, 0.2) is 12.6 Å². The number of ether oxygens (including phenoxy) is 7. The van der Waals surface area contributed by atoms with Gasteiger partial charge < -0.3 is 84.2 Å². The molecule has 0 unspecified atom stereocenters. The molecule has 4 saturated carbocycles. The zero-order chi connectivity index (χ0) is 49.1. The highest BCUT2D eigenvalue weighted by molar-refractivity contribution is 5.78. The molecule has 25 atom stereocenters. The molecule has 0 bridgehead atoms. The fraction of sp³-hybridized carbons (Fsp3) is 0.917. The Labute approximate surface area is 391 Å². The van der Waals surface area contributed by atoms with E-state index in [1.807, 2.05) is 6.92 Å². The van der Waals surface area contributed by atoms with E-state index in [0.717, 1.165) is 31.3 Å². The summed E-state index contributed by atoms with van der Waals surface area (Å²) in [6.07, 6.45) is -18.9. The highest BCUT2D eigenvalue weighted by Crippen LogP contribution is 2.78. The minimum atomic E-state index is -1.86. The summed E-state index contributed by atoms with van der Waals surface area (Å²) in [7, 11) is 0. The van der Waals surface area contributed by atoms with Crippen LogP contribution in [0.2, 0.25) is 0 Å². The van der Waals surface area contributed by atoms with Crippen LogP contribution in [0.1, 0.15) is 106 Å². The first-order valence-electron chi connectivity index (χ1n) is 24.3. The lowest BCUT2D eigenvalue weighted by Crippen LogP contribution is -2.66. The summed E-state index contributed by atoms with van der Waals surface area (Å²) >= 11 is 0. The molecule has 19 heteroatoms. The molecule has 0 spiro atoms. The lowest BCUT2D eigenvalue weighted by molar-refractivity contribution is -0.361. The monoisotopic (exact) mass is 956 g/mol. The van der Waals surface area contributed by atoms with E-state index in [1.54, 1.807) is 0 Å². The van der Waals surface area contributed by atoms with Gasteiger partial charge in [-0.1, -0.05) is 32.9 Å². The van der Waals surface area contributed by atoms with E-state index in [1.165, 1.54) is 6.92 Å². The lowest BCUT2D eigenvalue weighted by atomic mass is 9.33. The lowest BCUT2D eigenvalue weighted by Gasteiger charge is -2.70. The van der Waals surface area contributed by atoms with Crippen LogP contribution in [0.5, 0.6) is 0 Å².